The zero-order chi connectivity index (χ0) is 15.0. The van der Waals surface area contributed by atoms with Gasteiger partial charge in [-0.1, -0.05) is 6.42 Å². The maximum absolute atomic E-state index is 12.3. The minimum Gasteiger partial charge on any atom is -0.476 e. The van der Waals surface area contributed by atoms with E-state index in [4.69, 9.17) is 5.11 Å². The number of carbonyl (C=O) groups is 1. The minimum absolute atomic E-state index is 0.0614. The van der Waals surface area contributed by atoms with Gasteiger partial charge in [0, 0.05) is 11.3 Å². The number of hydrogen-bond acceptors (Lipinski definition) is 5. The first-order valence-electron chi connectivity index (χ1n) is 6.14. The number of carboxylic acid groups (broad SMARTS) is 1. The number of nitrogens with zero attached hydrogens (tertiary/aromatic N) is 1. The van der Waals surface area contributed by atoms with E-state index in [9.17, 15) is 13.2 Å². The fourth-order valence-corrected chi connectivity index (χ4v) is 4.67. The van der Waals surface area contributed by atoms with Crippen LogP contribution >= 0.6 is 11.8 Å². The molecule has 20 heavy (non-hydrogen) atoms. The van der Waals surface area contributed by atoms with Crippen molar-refractivity contribution in [2.45, 2.75) is 35.8 Å². The third-order valence-corrected chi connectivity index (χ3v) is 6.62. The first kappa shape index (κ1) is 15.3. The lowest BCUT2D eigenvalue weighted by molar-refractivity contribution is 0.0686. The van der Waals surface area contributed by atoms with Crippen molar-refractivity contribution in [1.29, 1.82) is 0 Å². The Bertz CT molecular complexity index is 614. The lowest BCUT2D eigenvalue weighted by Crippen LogP contribution is -2.45. The molecule has 0 saturated heterocycles. The van der Waals surface area contributed by atoms with Crippen LogP contribution in [0.1, 0.15) is 35.4 Å². The second kappa shape index (κ2) is 5.38. The second-order valence-electron chi connectivity index (χ2n) is 4.90. The van der Waals surface area contributed by atoms with Crippen LogP contribution in [-0.2, 0) is 10.0 Å². The van der Waals surface area contributed by atoms with Crippen molar-refractivity contribution in [2.24, 2.45) is 0 Å². The molecule has 1 fully saturated rings. The number of carboxylic acids is 1. The standard InChI is InChI=1S/C11H17N3O4S2/c1-7-9(8(10(15)16)14-13-7)20(17,18)12-6-11(19-2)4-3-5-11/h12H,3-6H2,1-2H3,(H,13,14)(H,15,16). The molecule has 0 spiro atoms. The van der Waals surface area contributed by atoms with Crippen molar-refractivity contribution in [2.75, 3.05) is 12.8 Å². The van der Waals surface area contributed by atoms with E-state index in [1.54, 1.807) is 11.8 Å². The summed E-state index contributed by atoms with van der Waals surface area (Å²) in [4.78, 5) is 10.8. The fourth-order valence-electron chi connectivity index (χ4n) is 2.22. The summed E-state index contributed by atoms with van der Waals surface area (Å²) < 4.78 is 27.1. The van der Waals surface area contributed by atoms with Crippen LogP contribution in [-0.4, -0.2) is 47.2 Å². The largest absolute Gasteiger partial charge is 0.476 e. The lowest BCUT2D eigenvalue weighted by atomic mass is 9.84. The van der Waals surface area contributed by atoms with Crippen molar-refractivity contribution >= 4 is 27.8 Å². The Morgan fingerprint density at radius 3 is 2.65 bits per heavy atom. The number of hydrogen-bond donors (Lipinski definition) is 3. The van der Waals surface area contributed by atoms with Crippen molar-refractivity contribution < 1.29 is 18.3 Å². The Hall–Kier alpha value is -1.06. The molecule has 112 valence electrons. The van der Waals surface area contributed by atoms with Crippen LogP contribution in [0.25, 0.3) is 0 Å². The predicted molar refractivity (Wildman–Crippen MR) is 75.6 cm³/mol. The topological polar surface area (TPSA) is 112 Å². The smallest absolute Gasteiger partial charge is 0.357 e. The molecule has 1 aliphatic carbocycles. The molecule has 7 nitrogen and oxygen atoms in total. The fraction of sp³-hybridized carbons (Fsp3) is 0.636. The molecule has 1 aliphatic rings. The van der Waals surface area contributed by atoms with Gasteiger partial charge < -0.3 is 5.11 Å². The normalized spacial score (nSPS) is 17.7. The average molecular weight is 319 g/mol. The summed E-state index contributed by atoms with van der Waals surface area (Å²) in [5.74, 6) is -1.36. The molecule has 2 rings (SSSR count). The van der Waals surface area contributed by atoms with E-state index in [-0.39, 0.29) is 15.3 Å². The zero-order valence-corrected chi connectivity index (χ0v) is 12.9. The molecule has 0 aliphatic heterocycles. The maximum atomic E-state index is 12.3. The van der Waals surface area contributed by atoms with Gasteiger partial charge in [-0.15, -0.1) is 0 Å². The van der Waals surface area contributed by atoms with Crippen molar-refractivity contribution in [1.82, 2.24) is 14.9 Å². The van der Waals surface area contributed by atoms with Crippen LogP contribution in [0, 0.1) is 6.92 Å². The van der Waals surface area contributed by atoms with Crippen LogP contribution in [0.3, 0.4) is 0 Å². The first-order valence-corrected chi connectivity index (χ1v) is 8.85. The van der Waals surface area contributed by atoms with E-state index in [1.165, 1.54) is 6.92 Å². The molecule has 0 aromatic carbocycles. The molecule has 1 saturated carbocycles. The molecular weight excluding hydrogens is 302 g/mol. The summed E-state index contributed by atoms with van der Waals surface area (Å²) in [6, 6.07) is 0. The van der Waals surface area contributed by atoms with E-state index in [2.05, 4.69) is 14.9 Å². The van der Waals surface area contributed by atoms with Crippen molar-refractivity contribution in [3.05, 3.63) is 11.4 Å². The molecule has 1 aromatic heterocycles. The number of aromatic carboxylic acids is 1. The number of rotatable bonds is 6. The Morgan fingerprint density at radius 2 is 2.20 bits per heavy atom. The molecule has 0 bridgehead atoms. The number of nitrogens with one attached hydrogen (secondary N) is 2. The van der Waals surface area contributed by atoms with Gasteiger partial charge in [-0.25, -0.2) is 17.9 Å². The van der Waals surface area contributed by atoms with Gasteiger partial charge >= 0.3 is 5.97 Å². The molecule has 1 aromatic rings. The monoisotopic (exact) mass is 319 g/mol. The van der Waals surface area contributed by atoms with E-state index in [0.717, 1.165) is 19.3 Å². The summed E-state index contributed by atoms with van der Waals surface area (Å²) in [7, 11) is -3.88. The third-order valence-electron chi connectivity index (χ3n) is 3.64. The Balaban J connectivity index is 2.23. The summed E-state index contributed by atoms with van der Waals surface area (Å²) >= 11 is 1.64. The quantitative estimate of drug-likeness (QED) is 0.720. The molecular formula is C11H17N3O4S2. The van der Waals surface area contributed by atoms with Crippen LogP contribution in [0.4, 0.5) is 0 Å². The number of aryl methyl sites for hydroxylation is 1. The van der Waals surface area contributed by atoms with Crippen LogP contribution in [0.15, 0.2) is 4.90 Å². The highest BCUT2D eigenvalue weighted by atomic mass is 32.2. The minimum atomic E-state index is -3.88. The molecule has 0 amide bonds. The Labute approximate surface area is 121 Å². The molecule has 0 radical (unpaired) electrons. The van der Waals surface area contributed by atoms with Crippen LogP contribution < -0.4 is 4.72 Å². The van der Waals surface area contributed by atoms with Gasteiger partial charge in [0.05, 0.1) is 5.69 Å². The van der Waals surface area contributed by atoms with Gasteiger partial charge in [0.2, 0.25) is 10.0 Å². The maximum Gasteiger partial charge on any atom is 0.357 e. The number of H-pyrrole nitrogens is 1. The van der Waals surface area contributed by atoms with Gasteiger partial charge in [0.15, 0.2) is 5.69 Å². The highest BCUT2D eigenvalue weighted by Crippen LogP contribution is 2.42. The van der Waals surface area contributed by atoms with Crippen molar-refractivity contribution in [3.8, 4) is 0 Å². The number of aromatic amines is 1. The van der Waals surface area contributed by atoms with E-state index < -0.39 is 21.7 Å². The van der Waals surface area contributed by atoms with Gasteiger partial charge in [-0.2, -0.15) is 16.9 Å². The van der Waals surface area contributed by atoms with E-state index in [0.29, 0.717) is 6.54 Å². The molecule has 0 atom stereocenters. The van der Waals surface area contributed by atoms with Crippen LogP contribution in [0.5, 0.6) is 0 Å². The van der Waals surface area contributed by atoms with E-state index >= 15 is 0 Å². The summed E-state index contributed by atoms with van der Waals surface area (Å²) in [6.45, 7) is 1.79. The highest BCUT2D eigenvalue weighted by Gasteiger charge is 2.38. The van der Waals surface area contributed by atoms with Crippen LogP contribution in [0.2, 0.25) is 0 Å². The number of sulfonamides is 1. The van der Waals surface area contributed by atoms with Gasteiger partial charge in [0.1, 0.15) is 4.90 Å². The second-order valence-corrected chi connectivity index (χ2v) is 7.87. The SMILES string of the molecule is CSC1(CNS(=O)(=O)c2c(C(=O)O)n[nH]c2C)CCC1. The number of aromatic nitrogens is 2. The third kappa shape index (κ3) is 2.70. The number of thioether (sulfide) groups is 1. The first-order chi connectivity index (χ1) is 9.31. The molecule has 1 heterocycles. The predicted octanol–water partition coefficient (Wildman–Crippen LogP) is 0.980. The van der Waals surface area contributed by atoms with Gasteiger partial charge in [-0.3, -0.25) is 5.10 Å². The summed E-state index contributed by atoms with van der Waals surface area (Å²) in [5, 5.41) is 14.9. The van der Waals surface area contributed by atoms with E-state index in [1.807, 2.05) is 6.26 Å². The summed E-state index contributed by atoms with van der Waals surface area (Å²) in [6.07, 6.45) is 4.98. The summed E-state index contributed by atoms with van der Waals surface area (Å²) in [5.41, 5.74) is -0.247. The van der Waals surface area contributed by atoms with Crippen molar-refractivity contribution in [3.63, 3.8) is 0 Å². The zero-order valence-electron chi connectivity index (χ0n) is 11.3. The highest BCUT2D eigenvalue weighted by molar-refractivity contribution is 8.00. The van der Waals surface area contributed by atoms with Gasteiger partial charge in [0.25, 0.3) is 0 Å². The molecule has 3 N–H and O–H groups in total. The molecule has 9 heteroatoms. The average Bonchev–Trinajstić information content (AvgIpc) is 2.71. The Kier molecular flexibility index (Phi) is 4.12. The lowest BCUT2D eigenvalue weighted by Gasteiger charge is -2.40. The Morgan fingerprint density at radius 1 is 1.55 bits per heavy atom. The molecule has 0 unspecified atom stereocenters. The van der Waals surface area contributed by atoms with Gasteiger partial charge in [-0.05, 0) is 26.0 Å².